The number of carbonyl (C=O) groups excluding carboxylic acids is 1. The summed E-state index contributed by atoms with van der Waals surface area (Å²) >= 11 is 0. The molecule has 0 amide bonds. The first-order chi connectivity index (χ1) is 28.6. The van der Waals surface area contributed by atoms with Crippen LogP contribution in [0.25, 0.3) is 6.08 Å². The van der Waals surface area contributed by atoms with E-state index in [0.717, 1.165) is 22.7 Å². The molecule has 1 aliphatic heterocycles. The lowest BCUT2D eigenvalue weighted by Gasteiger charge is -2.45. The SMILES string of the molecule is COc1c(C)cc(C)c(C(=O)OCC[Si](C)(C)C)c1/C=C/C[C@@H]1OC(C)(C)O[C@@H]1C(/C=C\[C@@H](C)[C@H](C)O[Si](c1ccccc1)(c1ccccc1)C(C)(C)C)O[Si](C)(C)C(C)(C)C. The normalized spacial score (nSPS) is 19.2. The van der Waals surface area contributed by atoms with Gasteiger partial charge in [0.1, 0.15) is 11.9 Å². The molecule has 0 saturated carbocycles. The highest BCUT2D eigenvalue weighted by molar-refractivity contribution is 6.99. The lowest BCUT2D eigenvalue weighted by atomic mass is 9.96. The summed E-state index contributed by atoms with van der Waals surface area (Å²) in [4.78, 5) is 13.7. The van der Waals surface area contributed by atoms with Crippen molar-refractivity contribution in [3.8, 4) is 5.75 Å². The molecule has 10 heteroatoms. The van der Waals surface area contributed by atoms with E-state index in [1.165, 1.54) is 10.4 Å². The second-order valence-electron chi connectivity index (χ2n) is 21.6. The first kappa shape index (κ1) is 51.5. The number of aryl methyl sites for hydroxylation is 2. The fraction of sp³-hybridized carbons (Fsp3) is 0.558. The third-order valence-corrected chi connectivity index (χ3v) is 24.1. The summed E-state index contributed by atoms with van der Waals surface area (Å²) in [6.07, 6.45) is 7.86. The molecular weight excluding hydrogens is 821 g/mol. The first-order valence-electron chi connectivity index (χ1n) is 22.7. The van der Waals surface area contributed by atoms with Crippen LogP contribution in [0.5, 0.6) is 5.75 Å². The van der Waals surface area contributed by atoms with Crippen molar-refractivity contribution in [1.29, 1.82) is 0 Å². The van der Waals surface area contributed by atoms with Gasteiger partial charge >= 0.3 is 5.97 Å². The Bertz CT molecular complexity index is 1950. The van der Waals surface area contributed by atoms with Gasteiger partial charge in [-0.05, 0) is 97.7 Å². The van der Waals surface area contributed by atoms with E-state index in [1.807, 2.05) is 39.8 Å². The van der Waals surface area contributed by atoms with Crippen LogP contribution in [0.3, 0.4) is 0 Å². The minimum atomic E-state index is -2.78. The number of benzene rings is 3. The van der Waals surface area contributed by atoms with Gasteiger partial charge in [0, 0.05) is 19.7 Å². The van der Waals surface area contributed by atoms with E-state index in [0.29, 0.717) is 24.3 Å². The Morgan fingerprint density at radius 2 is 1.37 bits per heavy atom. The summed E-state index contributed by atoms with van der Waals surface area (Å²) in [6.45, 7) is 38.0. The molecule has 1 saturated heterocycles. The summed E-state index contributed by atoms with van der Waals surface area (Å²) in [5.41, 5.74) is 3.06. The van der Waals surface area contributed by atoms with Crippen LogP contribution in [-0.2, 0) is 23.1 Å². The molecule has 1 unspecified atom stereocenters. The molecule has 1 fully saturated rings. The van der Waals surface area contributed by atoms with Crippen LogP contribution in [0.2, 0.25) is 48.9 Å². The van der Waals surface area contributed by atoms with Crippen molar-refractivity contribution in [3.63, 3.8) is 0 Å². The topological polar surface area (TPSA) is 72.5 Å². The fourth-order valence-electron chi connectivity index (χ4n) is 8.12. The lowest BCUT2D eigenvalue weighted by molar-refractivity contribution is -0.151. The van der Waals surface area contributed by atoms with Gasteiger partial charge in [-0.2, -0.15) is 0 Å². The third kappa shape index (κ3) is 12.6. The van der Waals surface area contributed by atoms with Crippen LogP contribution in [0.15, 0.2) is 85.0 Å². The molecule has 62 heavy (non-hydrogen) atoms. The monoisotopic (exact) mass is 901 g/mol. The van der Waals surface area contributed by atoms with Crippen molar-refractivity contribution in [2.24, 2.45) is 5.92 Å². The highest BCUT2D eigenvalue weighted by atomic mass is 28.4. The van der Waals surface area contributed by atoms with Crippen molar-refractivity contribution in [1.82, 2.24) is 0 Å². The van der Waals surface area contributed by atoms with Crippen LogP contribution in [0, 0.1) is 19.8 Å². The van der Waals surface area contributed by atoms with E-state index in [1.54, 1.807) is 7.11 Å². The third-order valence-electron chi connectivity index (χ3n) is 12.8. The Balaban J connectivity index is 1.71. The summed E-state index contributed by atoms with van der Waals surface area (Å²) in [7, 11) is -4.83. The van der Waals surface area contributed by atoms with Gasteiger partial charge in [-0.3, -0.25) is 0 Å². The average molecular weight is 901 g/mol. The molecule has 3 aromatic carbocycles. The van der Waals surface area contributed by atoms with E-state index in [4.69, 9.17) is 27.8 Å². The van der Waals surface area contributed by atoms with E-state index >= 15 is 0 Å². The fourth-order valence-corrected chi connectivity index (χ4v) is 14.9. The second kappa shape index (κ2) is 20.4. The maximum atomic E-state index is 13.7. The molecule has 0 aliphatic carbocycles. The molecule has 0 bridgehead atoms. The van der Waals surface area contributed by atoms with Crippen molar-refractivity contribution in [2.45, 2.75) is 169 Å². The number of carbonyl (C=O) groups is 1. The summed E-state index contributed by atoms with van der Waals surface area (Å²) in [6, 6.07) is 24.5. The van der Waals surface area contributed by atoms with E-state index < -0.39 is 36.6 Å². The van der Waals surface area contributed by atoms with Gasteiger partial charge in [0.15, 0.2) is 14.1 Å². The summed E-state index contributed by atoms with van der Waals surface area (Å²) in [5.74, 6) is -0.444. The minimum Gasteiger partial charge on any atom is -0.496 e. The maximum Gasteiger partial charge on any atom is 0.339 e. The number of methoxy groups -OCH3 is 1. The number of hydrogen-bond donors (Lipinski definition) is 0. The van der Waals surface area contributed by atoms with Crippen LogP contribution >= 0.6 is 0 Å². The second-order valence-corrected chi connectivity index (χ2v) is 36.3. The van der Waals surface area contributed by atoms with Gasteiger partial charge in [-0.15, -0.1) is 0 Å². The molecule has 1 aliphatic rings. The van der Waals surface area contributed by atoms with Gasteiger partial charge in [0.2, 0.25) is 0 Å². The van der Waals surface area contributed by atoms with Crippen LogP contribution < -0.4 is 15.1 Å². The Morgan fingerprint density at radius 1 is 0.806 bits per heavy atom. The first-order valence-corrected chi connectivity index (χ1v) is 31.2. The number of rotatable bonds is 18. The predicted molar refractivity (Wildman–Crippen MR) is 267 cm³/mol. The van der Waals surface area contributed by atoms with Gasteiger partial charge in [0.25, 0.3) is 8.32 Å². The van der Waals surface area contributed by atoms with Gasteiger partial charge in [-0.1, -0.05) is 159 Å². The molecule has 342 valence electrons. The molecule has 0 spiro atoms. The standard InChI is InChI=1S/C52H80O7Si3/c1-37(40(4)58-62(51(8,9)10,41-26-21-19-22-27-41)42-28-23-20-24-29-42)32-33-45(59-61(17,18)50(5,6)7)48-44(56-52(11,12)57-48)31-25-30-43-46(38(2)36-39(3)47(43)54-13)49(53)55-34-35-60(14,15)16/h19-30,32-33,36-37,40,44-45,48H,31,34-35H2,1-18H3/b30-25+,33-32-/t37-,40+,44+,45?,48+/m1/s1. The van der Waals surface area contributed by atoms with Crippen LogP contribution in [0.1, 0.15) is 103 Å². The lowest BCUT2D eigenvalue weighted by Crippen LogP contribution is -2.67. The highest BCUT2D eigenvalue weighted by Gasteiger charge is 2.52. The molecule has 7 nitrogen and oxygen atoms in total. The molecule has 4 rings (SSSR count). The van der Waals surface area contributed by atoms with Crippen molar-refractivity contribution in [3.05, 3.63) is 107 Å². The summed E-state index contributed by atoms with van der Waals surface area (Å²) in [5, 5.41) is 2.35. The maximum absolute atomic E-state index is 13.7. The van der Waals surface area contributed by atoms with Gasteiger partial charge in [-0.25, -0.2) is 4.79 Å². The molecular formula is C52H80O7Si3. The number of ether oxygens (including phenoxy) is 4. The highest BCUT2D eigenvalue weighted by Crippen LogP contribution is 2.42. The Morgan fingerprint density at radius 3 is 1.87 bits per heavy atom. The van der Waals surface area contributed by atoms with E-state index in [-0.39, 0.29) is 40.3 Å². The Labute approximate surface area is 379 Å². The largest absolute Gasteiger partial charge is 0.496 e. The number of hydrogen-bond acceptors (Lipinski definition) is 7. The van der Waals surface area contributed by atoms with E-state index in [2.05, 4.69) is 167 Å². The van der Waals surface area contributed by atoms with Crippen molar-refractivity contribution < 1.29 is 32.6 Å². The average Bonchev–Trinajstić information content (AvgIpc) is 3.47. The molecule has 0 N–H and O–H groups in total. The summed E-state index contributed by atoms with van der Waals surface area (Å²) < 4.78 is 40.1. The number of esters is 1. The molecule has 0 aromatic heterocycles. The molecule has 5 atom stereocenters. The quantitative estimate of drug-likeness (QED) is 0.0715. The van der Waals surface area contributed by atoms with Crippen LogP contribution in [-0.4, -0.2) is 74.6 Å². The minimum absolute atomic E-state index is 0.0333. The Kier molecular flexibility index (Phi) is 16.9. The van der Waals surface area contributed by atoms with Gasteiger partial charge in [0.05, 0.1) is 31.5 Å². The van der Waals surface area contributed by atoms with Crippen molar-refractivity contribution >= 4 is 47.1 Å². The Hall–Kier alpha value is -3.10. The molecule has 3 aromatic rings. The zero-order valence-corrected chi connectivity index (χ0v) is 44.5. The molecule has 0 radical (unpaired) electrons. The zero-order chi connectivity index (χ0) is 46.5. The van der Waals surface area contributed by atoms with Gasteiger partial charge < -0.3 is 27.8 Å². The smallest absolute Gasteiger partial charge is 0.339 e. The molecule has 1 heterocycles. The van der Waals surface area contributed by atoms with Crippen molar-refractivity contribution in [2.75, 3.05) is 13.7 Å². The van der Waals surface area contributed by atoms with Crippen LogP contribution in [0.4, 0.5) is 0 Å². The van der Waals surface area contributed by atoms with E-state index in [9.17, 15) is 4.79 Å². The predicted octanol–water partition coefficient (Wildman–Crippen LogP) is 12.3. The zero-order valence-electron chi connectivity index (χ0n) is 41.5.